The minimum atomic E-state index is 0.451. The lowest BCUT2D eigenvalue weighted by molar-refractivity contribution is 0.219. The number of rotatable bonds is 7. The summed E-state index contributed by atoms with van der Waals surface area (Å²) >= 11 is 0. The van der Waals surface area contributed by atoms with Crippen LogP contribution in [0.1, 0.15) is 18.1 Å². The molecule has 3 aromatic rings. The Bertz CT molecular complexity index is 757. The number of benzene rings is 1. The number of nitrogens with zero attached hydrogens (tertiary/aromatic N) is 3. The van der Waals surface area contributed by atoms with Gasteiger partial charge in [-0.2, -0.15) is 5.26 Å². The minimum Gasteiger partial charge on any atom is -0.468 e. The Hall–Kier alpha value is -2.84. The monoisotopic (exact) mass is 307 g/mol. The Morgan fingerprint density at radius 1 is 1.09 bits per heavy atom. The molecule has 0 aliphatic carbocycles. The Morgan fingerprint density at radius 3 is 2.70 bits per heavy atom. The average molecular weight is 307 g/mol. The smallest absolute Gasteiger partial charge is 0.209 e. The highest BCUT2D eigenvalue weighted by Crippen LogP contribution is 2.21. The number of hydrogen-bond donors (Lipinski definition) is 0. The summed E-state index contributed by atoms with van der Waals surface area (Å²) in [4.78, 5) is 6.43. The van der Waals surface area contributed by atoms with Crippen molar-refractivity contribution in [2.45, 2.75) is 19.5 Å². The molecule has 0 unspecified atom stereocenters. The van der Waals surface area contributed by atoms with Gasteiger partial charge < -0.3 is 8.83 Å². The van der Waals surface area contributed by atoms with Gasteiger partial charge in [0, 0.05) is 18.5 Å². The van der Waals surface area contributed by atoms with E-state index in [0.717, 1.165) is 17.1 Å². The summed E-state index contributed by atoms with van der Waals surface area (Å²) in [6.45, 7) is 1.80. The van der Waals surface area contributed by atoms with E-state index in [-0.39, 0.29) is 0 Å². The molecule has 5 heteroatoms. The zero-order chi connectivity index (χ0) is 15.9. The molecule has 0 spiro atoms. The van der Waals surface area contributed by atoms with Crippen molar-refractivity contribution in [1.82, 2.24) is 9.88 Å². The Labute approximate surface area is 134 Å². The van der Waals surface area contributed by atoms with E-state index < -0.39 is 0 Å². The van der Waals surface area contributed by atoms with Gasteiger partial charge >= 0.3 is 0 Å². The van der Waals surface area contributed by atoms with E-state index in [9.17, 15) is 0 Å². The summed E-state index contributed by atoms with van der Waals surface area (Å²) < 4.78 is 11.2. The van der Waals surface area contributed by atoms with E-state index in [1.165, 1.54) is 0 Å². The van der Waals surface area contributed by atoms with Gasteiger partial charge in [0.1, 0.15) is 5.76 Å². The predicted molar refractivity (Wildman–Crippen MR) is 85.0 cm³/mol. The molecule has 0 saturated heterocycles. The van der Waals surface area contributed by atoms with Gasteiger partial charge in [-0.25, -0.2) is 4.98 Å². The number of aromatic nitrogens is 1. The molecule has 0 bridgehead atoms. The van der Waals surface area contributed by atoms with Gasteiger partial charge in [-0.15, -0.1) is 0 Å². The van der Waals surface area contributed by atoms with Gasteiger partial charge in [0.15, 0.2) is 5.76 Å². The van der Waals surface area contributed by atoms with E-state index in [4.69, 9.17) is 14.1 Å². The van der Waals surface area contributed by atoms with Gasteiger partial charge in [-0.1, -0.05) is 30.3 Å². The molecule has 0 atom stereocenters. The molecule has 2 heterocycles. The summed E-state index contributed by atoms with van der Waals surface area (Å²) in [5.74, 6) is 2.24. The van der Waals surface area contributed by atoms with Crippen LogP contribution in [0.5, 0.6) is 0 Å². The first-order valence-electron chi connectivity index (χ1n) is 7.47. The molecule has 1 aromatic carbocycles. The maximum absolute atomic E-state index is 8.82. The lowest BCUT2D eigenvalue weighted by Gasteiger charge is -2.17. The van der Waals surface area contributed by atoms with Gasteiger partial charge in [0.25, 0.3) is 0 Å². The molecular weight excluding hydrogens is 290 g/mol. The quantitative estimate of drug-likeness (QED) is 0.663. The molecule has 0 saturated carbocycles. The number of oxazole rings is 1. The van der Waals surface area contributed by atoms with Crippen LogP contribution in [0.15, 0.2) is 63.8 Å². The maximum Gasteiger partial charge on any atom is 0.209 e. The highest BCUT2D eigenvalue weighted by atomic mass is 16.4. The van der Waals surface area contributed by atoms with Crippen molar-refractivity contribution in [3.8, 4) is 17.4 Å². The Morgan fingerprint density at radius 2 is 1.96 bits per heavy atom. The largest absolute Gasteiger partial charge is 0.468 e. The fourth-order valence-corrected chi connectivity index (χ4v) is 2.36. The highest BCUT2D eigenvalue weighted by Gasteiger charge is 2.13. The van der Waals surface area contributed by atoms with Gasteiger partial charge in [0.2, 0.25) is 5.89 Å². The van der Waals surface area contributed by atoms with Crippen LogP contribution in [-0.4, -0.2) is 16.4 Å². The van der Waals surface area contributed by atoms with Crippen LogP contribution < -0.4 is 0 Å². The van der Waals surface area contributed by atoms with Crippen LogP contribution >= 0.6 is 0 Å². The fraction of sp³-hybridized carbons (Fsp3) is 0.222. The number of furan rings is 1. The molecule has 0 aliphatic rings. The standard InChI is InChI=1S/C18H17N3O2/c19-9-5-10-21(13-16-8-4-11-22-16)14-18-20-12-17(23-18)15-6-2-1-3-7-15/h1-4,6-8,11-12H,5,10,13-14H2. The van der Waals surface area contributed by atoms with Crippen molar-refractivity contribution in [3.05, 3.63) is 66.6 Å². The van der Waals surface area contributed by atoms with Gasteiger partial charge in [0.05, 0.1) is 31.6 Å². The first kappa shape index (κ1) is 15.1. The minimum absolute atomic E-state index is 0.451. The number of nitriles is 1. The summed E-state index contributed by atoms with van der Waals surface area (Å²) in [5, 5.41) is 8.82. The lowest BCUT2D eigenvalue weighted by atomic mass is 10.2. The Kier molecular flexibility index (Phi) is 4.87. The molecule has 2 aromatic heterocycles. The van der Waals surface area contributed by atoms with Crippen LogP contribution in [0.3, 0.4) is 0 Å². The Balaban J connectivity index is 1.70. The second kappa shape index (κ2) is 7.43. The molecule has 0 amide bonds. The predicted octanol–water partition coefficient (Wildman–Crippen LogP) is 3.85. The molecule has 0 N–H and O–H groups in total. The molecule has 5 nitrogen and oxygen atoms in total. The van der Waals surface area contributed by atoms with Gasteiger partial charge in [-0.05, 0) is 12.1 Å². The molecule has 0 radical (unpaired) electrons. The van der Waals surface area contributed by atoms with Crippen LogP contribution in [0.25, 0.3) is 11.3 Å². The summed E-state index contributed by atoms with van der Waals surface area (Å²) in [5.41, 5.74) is 1.00. The molecule has 0 aliphatic heterocycles. The molecular formula is C18H17N3O2. The van der Waals surface area contributed by atoms with Crippen LogP contribution in [0.2, 0.25) is 0 Å². The van der Waals surface area contributed by atoms with Crippen molar-refractivity contribution in [2.75, 3.05) is 6.54 Å². The first-order chi connectivity index (χ1) is 11.3. The van der Waals surface area contributed by atoms with Crippen molar-refractivity contribution in [1.29, 1.82) is 5.26 Å². The van der Waals surface area contributed by atoms with Crippen molar-refractivity contribution in [2.24, 2.45) is 0 Å². The summed E-state index contributed by atoms with van der Waals surface area (Å²) in [7, 11) is 0. The zero-order valence-corrected chi connectivity index (χ0v) is 12.7. The second-order valence-electron chi connectivity index (χ2n) is 5.18. The topological polar surface area (TPSA) is 66.2 Å². The van der Waals surface area contributed by atoms with Crippen LogP contribution in [0, 0.1) is 11.3 Å². The third kappa shape index (κ3) is 4.09. The van der Waals surface area contributed by atoms with E-state index in [0.29, 0.717) is 31.9 Å². The normalized spacial score (nSPS) is 10.8. The molecule has 23 heavy (non-hydrogen) atoms. The SMILES string of the molecule is N#CCCN(Cc1ccco1)Cc1ncc(-c2ccccc2)o1. The number of hydrogen-bond acceptors (Lipinski definition) is 5. The maximum atomic E-state index is 8.82. The summed E-state index contributed by atoms with van der Waals surface area (Å²) in [6, 6.07) is 15.8. The molecule has 116 valence electrons. The molecule has 3 rings (SSSR count). The summed E-state index contributed by atoms with van der Waals surface area (Å²) in [6.07, 6.45) is 3.84. The second-order valence-corrected chi connectivity index (χ2v) is 5.18. The van der Waals surface area contributed by atoms with E-state index in [1.54, 1.807) is 12.5 Å². The van der Waals surface area contributed by atoms with Crippen LogP contribution in [-0.2, 0) is 13.1 Å². The van der Waals surface area contributed by atoms with Crippen LogP contribution in [0.4, 0.5) is 0 Å². The van der Waals surface area contributed by atoms with E-state index in [2.05, 4.69) is 16.0 Å². The van der Waals surface area contributed by atoms with Crippen molar-refractivity contribution in [3.63, 3.8) is 0 Å². The van der Waals surface area contributed by atoms with E-state index in [1.807, 2.05) is 42.5 Å². The highest BCUT2D eigenvalue weighted by molar-refractivity contribution is 5.55. The fourth-order valence-electron chi connectivity index (χ4n) is 2.36. The van der Waals surface area contributed by atoms with Crippen molar-refractivity contribution < 1.29 is 8.83 Å². The lowest BCUT2D eigenvalue weighted by Crippen LogP contribution is -2.23. The first-order valence-corrected chi connectivity index (χ1v) is 7.47. The molecule has 0 fully saturated rings. The third-order valence-electron chi connectivity index (χ3n) is 3.47. The van der Waals surface area contributed by atoms with Crippen molar-refractivity contribution >= 4 is 0 Å². The third-order valence-corrected chi connectivity index (χ3v) is 3.47. The zero-order valence-electron chi connectivity index (χ0n) is 12.7. The average Bonchev–Trinajstić information content (AvgIpc) is 3.25. The van der Waals surface area contributed by atoms with Gasteiger partial charge in [-0.3, -0.25) is 4.90 Å². The van der Waals surface area contributed by atoms with E-state index >= 15 is 0 Å².